The van der Waals surface area contributed by atoms with E-state index in [0.29, 0.717) is 12.8 Å². The molecule has 0 aliphatic heterocycles. The molecular formula is C32H53N3O9. The molecule has 0 aromatic heterocycles. The lowest BCUT2D eigenvalue weighted by Gasteiger charge is -2.37. The average molecular weight is 624 g/mol. The lowest BCUT2D eigenvalue weighted by atomic mass is 9.98. The van der Waals surface area contributed by atoms with Gasteiger partial charge in [-0.1, -0.05) is 58.0 Å². The van der Waals surface area contributed by atoms with Crippen LogP contribution in [0.2, 0.25) is 0 Å². The zero-order chi connectivity index (χ0) is 33.4. The van der Waals surface area contributed by atoms with Crippen molar-refractivity contribution in [3.8, 4) is 0 Å². The van der Waals surface area contributed by atoms with Gasteiger partial charge in [0.2, 0.25) is 5.91 Å². The smallest absolute Gasteiger partial charge is 0.431 e. The SMILES string of the molecule is COC(CN(C(=O)[C@H](CC(C)C)NC(=O)[C@@H](C)ONC(=O)OCCc1ccccc1)[C@@H](CC(C)C)C(=O)OC(C)(C)C)OC. The summed E-state index contributed by atoms with van der Waals surface area (Å²) in [5.74, 6) is -1.65. The Bertz CT molecular complexity index is 1020. The molecule has 12 nitrogen and oxygen atoms in total. The maximum atomic E-state index is 14.2. The van der Waals surface area contributed by atoms with Crippen LogP contribution in [0, 0.1) is 11.8 Å². The van der Waals surface area contributed by atoms with Crippen LogP contribution in [0.1, 0.15) is 73.8 Å². The first-order chi connectivity index (χ1) is 20.6. The van der Waals surface area contributed by atoms with Gasteiger partial charge in [-0.05, 0) is 57.9 Å². The monoisotopic (exact) mass is 623 g/mol. The molecule has 1 aromatic rings. The fraction of sp³-hybridized carbons (Fsp3) is 0.688. The van der Waals surface area contributed by atoms with Gasteiger partial charge in [0, 0.05) is 20.6 Å². The fourth-order valence-corrected chi connectivity index (χ4v) is 4.25. The van der Waals surface area contributed by atoms with E-state index in [9.17, 15) is 19.2 Å². The van der Waals surface area contributed by atoms with Crippen LogP contribution in [0.5, 0.6) is 0 Å². The van der Waals surface area contributed by atoms with Crippen molar-refractivity contribution in [2.45, 2.75) is 105 Å². The first-order valence-corrected chi connectivity index (χ1v) is 15.1. The first kappa shape index (κ1) is 38.8. The average Bonchev–Trinajstić information content (AvgIpc) is 2.94. The van der Waals surface area contributed by atoms with Gasteiger partial charge in [-0.3, -0.25) is 14.4 Å². The summed E-state index contributed by atoms with van der Waals surface area (Å²) in [5.41, 5.74) is 2.35. The van der Waals surface area contributed by atoms with Crippen molar-refractivity contribution in [2.75, 3.05) is 27.4 Å². The van der Waals surface area contributed by atoms with Crippen LogP contribution in [0.4, 0.5) is 4.79 Å². The standard InChI is InChI=1S/C32H53N3O9/c1-21(2)18-25(33-28(36)23(5)44-34-31(39)42-17-16-24-14-12-11-13-15-24)29(37)35(20-27(40-9)41-10)26(19-22(3)4)30(38)43-32(6,7)8/h11-15,21-23,25-27H,16-20H2,1-10H3,(H,33,36)(H,34,39)/t23-,25+,26+/m1/s1. The number of benzene rings is 1. The molecule has 0 saturated heterocycles. The van der Waals surface area contributed by atoms with Crippen molar-refractivity contribution >= 4 is 23.9 Å². The highest BCUT2D eigenvalue weighted by molar-refractivity contribution is 5.92. The zero-order valence-electron chi connectivity index (χ0n) is 28.0. The van der Waals surface area contributed by atoms with Crippen LogP contribution < -0.4 is 10.8 Å². The third-order valence-electron chi connectivity index (χ3n) is 6.38. The Morgan fingerprint density at radius 2 is 1.48 bits per heavy atom. The van der Waals surface area contributed by atoms with Gasteiger partial charge < -0.3 is 29.2 Å². The number of amides is 3. The molecule has 0 radical (unpaired) electrons. The molecule has 0 spiro atoms. The van der Waals surface area contributed by atoms with E-state index >= 15 is 0 Å². The lowest BCUT2D eigenvalue weighted by Crippen LogP contribution is -2.58. The van der Waals surface area contributed by atoms with Crippen LogP contribution in [-0.2, 0) is 44.6 Å². The van der Waals surface area contributed by atoms with Crippen LogP contribution >= 0.6 is 0 Å². The van der Waals surface area contributed by atoms with Crippen molar-refractivity contribution in [2.24, 2.45) is 11.8 Å². The van der Waals surface area contributed by atoms with Crippen LogP contribution in [0.15, 0.2) is 30.3 Å². The molecule has 2 N–H and O–H groups in total. The van der Waals surface area contributed by atoms with Crippen molar-refractivity contribution in [3.05, 3.63) is 35.9 Å². The quantitative estimate of drug-likeness (QED) is 0.141. The number of carbonyl (C=O) groups excluding carboxylic acids is 4. The number of carbonyl (C=O) groups is 4. The third kappa shape index (κ3) is 15.0. The number of methoxy groups -OCH3 is 2. The summed E-state index contributed by atoms with van der Waals surface area (Å²) >= 11 is 0. The highest BCUT2D eigenvalue weighted by Gasteiger charge is 2.39. The summed E-state index contributed by atoms with van der Waals surface area (Å²) in [4.78, 5) is 59.4. The minimum absolute atomic E-state index is 0.00534. The zero-order valence-corrected chi connectivity index (χ0v) is 28.0. The van der Waals surface area contributed by atoms with Gasteiger partial charge in [0.1, 0.15) is 17.7 Å². The molecule has 0 fully saturated rings. The van der Waals surface area contributed by atoms with Gasteiger partial charge in [0.15, 0.2) is 12.4 Å². The van der Waals surface area contributed by atoms with Crippen molar-refractivity contribution < 1.29 is 43.0 Å². The minimum Gasteiger partial charge on any atom is -0.458 e. The van der Waals surface area contributed by atoms with E-state index in [1.165, 1.54) is 26.0 Å². The first-order valence-electron chi connectivity index (χ1n) is 15.1. The normalized spacial score (nSPS) is 13.8. The molecular weight excluding hydrogens is 570 g/mol. The van der Waals surface area contributed by atoms with Crippen molar-refractivity contribution in [1.82, 2.24) is 15.7 Å². The van der Waals surface area contributed by atoms with Gasteiger partial charge in [-0.15, -0.1) is 0 Å². The number of nitrogens with one attached hydrogen (secondary N) is 2. The highest BCUT2D eigenvalue weighted by atomic mass is 16.7. The Labute approximate surface area is 262 Å². The van der Waals surface area contributed by atoms with E-state index < -0.39 is 54.0 Å². The number of ether oxygens (including phenoxy) is 4. The summed E-state index contributed by atoms with van der Waals surface area (Å²) < 4.78 is 21.6. The molecule has 44 heavy (non-hydrogen) atoms. The molecule has 0 heterocycles. The van der Waals surface area contributed by atoms with Crippen LogP contribution in [0.3, 0.4) is 0 Å². The fourth-order valence-electron chi connectivity index (χ4n) is 4.25. The molecule has 0 unspecified atom stereocenters. The largest absolute Gasteiger partial charge is 0.458 e. The van der Waals surface area contributed by atoms with Gasteiger partial charge >= 0.3 is 12.1 Å². The molecule has 250 valence electrons. The van der Waals surface area contributed by atoms with E-state index in [4.69, 9.17) is 23.8 Å². The summed E-state index contributed by atoms with van der Waals surface area (Å²) in [5, 5.41) is 2.74. The third-order valence-corrected chi connectivity index (χ3v) is 6.38. The number of hydroxylamine groups is 1. The molecule has 0 saturated carbocycles. The van der Waals surface area contributed by atoms with Crippen molar-refractivity contribution in [1.29, 1.82) is 0 Å². The van der Waals surface area contributed by atoms with E-state index in [-0.39, 0.29) is 31.4 Å². The topological polar surface area (TPSA) is 142 Å². The number of esters is 1. The summed E-state index contributed by atoms with van der Waals surface area (Å²) in [6, 6.07) is 7.55. The maximum Gasteiger partial charge on any atom is 0.431 e. The Kier molecular flexibility index (Phi) is 17.0. The molecule has 0 bridgehead atoms. The summed E-state index contributed by atoms with van der Waals surface area (Å²) in [6.07, 6.45) is -1.72. The molecule has 3 atom stereocenters. The number of hydrogen-bond donors (Lipinski definition) is 2. The van der Waals surface area contributed by atoms with Gasteiger partial charge in [-0.2, -0.15) is 5.48 Å². The number of rotatable bonds is 18. The van der Waals surface area contributed by atoms with Crippen LogP contribution in [0.25, 0.3) is 0 Å². The Balaban J connectivity index is 3.06. The predicted molar refractivity (Wildman–Crippen MR) is 165 cm³/mol. The lowest BCUT2D eigenvalue weighted by molar-refractivity contribution is -0.173. The molecule has 1 aromatic carbocycles. The van der Waals surface area contributed by atoms with E-state index in [0.717, 1.165) is 5.56 Å². The minimum atomic E-state index is -1.16. The molecule has 0 aliphatic rings. The Hall–Kier alpha value is -3.22. The second-order valence-electron chi connectivity index (χ2n) is 12.5. The van der Waals surface area contributed by atoms with Crippen LogP contribution in [-0.4, -0.2) is 86.2 Å². The molecule has 0 aliphatic carbocycles. The molecule has 12 heteroatoms. The van der Waals surface area contributed by atoms with E-state index in [2.05, 4.69) is 10.8 Å². The van der Waals surface area contributed by atoms with E-state index in [1.807, 2.05) is 58.0 Å². The molecule has 1 rings (SSSR count). The molecule has 3 amide bonds. The highest BCUT2D eigenvalue weighted by Crippen LogP contribution is 2.21. The maximum absolute atomic E-state index is 14.2. The van der Waals surface area contributed by atoms with E-state index in [1.54, 1.807) is 20.8 Å². The van der Waals surface area contributed by atoms with Crippen molar-refractivity contribution in [3.63, 3.8) is 0 Å². The predicted octanol–water partition coefficient (Wildman–Crippen LogP) is 4.01. The second-order valence-corrected chi connectivity index (χ2v) is 12.5. The Morgan fingerprint density at radius 1 is 0.886 bits per heavy atom. The Morgan fingerprint density at radius 3 is 2.00 bits per heavy atom. The number of hydrogen-bond acceptors (Lipinski definition) is 9. The van der Waals surface area contributed by atoms with Gasteiger partial charge in [0.25, 0.3) is 5.91 Å². The van der Waals surface area contributed by atoms with Gasteiger partial charge in [-0.25, -0.2) is 9.59 Å². The summed E-state index contributed by atoms with van der Waals surface area (Å²) in [7, 11) is 2.88. The second kappa shape index (κ2) is 19.2. The number of nitrogens with zero attached hydrogens (tertiary/aromatic N) is 1. The van der Waals surface area contributed by atoms with Gasteiger partial charge in [0.05, 0.1) is 13.2 Å². The summed E-state index contributed by atoms with van der Waals surface area (Å²) in [6.45, 7) is 14.5.